The molecule has 1 fully saturated rings. The van der Waals surface area contributed by atoms with Gasteiger partial charge >= 0.3 is 0 Å². The van der Waals surface area contributed by atoms with Gasteiger partial charge in [-0.05, 0) is 45.0 Å². The monoisotopic (exact) mass is 336 g/mol. The summed E-state index contributed by atoms with van der Waals surface area (Å²) in [6, 6.07) is 6.94. The maximum atomic E-state index is 13.4. The van der Waals surface area contributed by atoms with E-state index in [0.717, 1.165) is 13.0 Å². The van der Waals surface area contributed by atoms with Crippen molar-refractivity contribution in [1.82, 2.24) is 10.2 Å². The van der Waals surface area contributed by atoms with Crippen LogP contribution in [0.1, 0.15) is 44.9 Å². The maximum absolute atomic E-state index is 13.4. The third-order valence-corrected chi connectivity index (χ3v) is 4.63. The molecular weight excluding hydrogens is 307 g/mol. The van der Waals surface area contributed by atoms with E-state index in [4.69, 9.17) is 4.74 Å². The number of halogens is 1. The van der Waals surface area contributed by atoms with Crippen molar-refractivity contribution in [1.29, 1.82) is 0 Å². The number of rotatable bonds is 9. The van der Waals surface area contributed by atoms with Gasteiger partial charge in [0.1, 0.15) is 0 Å². The first-order valence-electron chi connectivity index (χ1n) is 9.01. The van der Waals surface area contributed by atoms with Gasteiger partial charge in [0.15, 0.2) is 11.6 Å². The standard InChI is InChI=1S/C19H29FN2O2/c1-22(16-8-3-2-4-9-16)14-7-13-21-19(23)12-15-24-18-11-6-5-10-17(18)20/h5-6,10-11,16H,2-4,7-9,12-15H2,1H3,(H,21,23). The molecular formula is C19H29FN2O2. The summed E-state index contributed by atoms with van der Waals surface area (Å²) in [6.07, 6.45) is 7.85. The van der Waals surface area contributed by atoms with Gasteiger partial charge in [0.05, 0.1) is 13.0 Å². The number of carbonyl (C=O) groups excluding carboxylic acids is 1. The molecule has 1 amide bonds. The van der Waals surface area contributed by atoms with Crippen molar-refractivity contribution in [3.63, 3.8) is 0 Å². The van der Waals surface area contributed by atoms with Gasteiger partial charge < -0.3 is 15.0 Å². The molecule has 1 aromatic rings. The molecule has 4 nitrogen and oxygen atoms in total. The summed E-state index contributed by atoms with van der Waals surface area (Å²) in [5.74, 6) is -0.255. The zero-order valence-electron chi connectivity index (χ0n) is 14.6. The third-order valence-electron chi connectivity index (χ3n) is 4.63. The largest absolute Gasteiger partial charge is 0.490 e. The molecule has 1 saturated carbocycles. The van der Waals surface area contributed by atoms with Gasteiger partial charge in [0.2, 0.25) is 5.91 Å². The molecule has 0 saturated heterocycles. The minimum absolute atomic E-state index is 0.0494. The van der Waals surface area contributed by atoms with E-state index in [1.54, 1.807) is 18.2 Å². The summed E-state index contributed by atoms with van der Waals surface area (Å²) >= 11 is 0. The highest BCUT2D eigenvalue weighted by molar-refractivity contribution is 5.75. The lowest BCUT2D eigenvalue weighted by molar-refractivity contribution is -0.121. The third kappa shape index (κ3) is 6.48. The Kier molecular flexibility index (Phi) is 8.02. The Morgan fingerprint density at radius 1 is 1.29 bits per heavy atom. The lowest BCUT2D eigenvalue weighted by atomic mass is 9.94. The second kappa shape index (κ2) is 10.3. The summed E-state index contributed by atoms with van der Waals surface area (Å²) in [4.78, 5) is 14.2. The number of benzene rings is 1. The zero-order valence-corrected chi connectivity index (χ0v) is 14.6. The van der Waals surface area contributed by atoms with Crippen LogP contribution >= 0.6 is 0 Å². The lowest BCUT2D eigenvalue weighted by Crippen LogP contribution is -2.36. The number of nitrogens with zero attached hydrogens (tertiary/aromatic N) is 1. The van der Waals surface area contributed by atoms with Crippen molar-refractivity contribution < 1.29 is 13.9 Å². The molecule has 2 rings (SSSR count). The Morgan fingerprint density at radius 2 is 2.04 bits per heavy atom. The molecule has 0 bridgehead atoms. The van der Waals surface area contributed by atoms with Gasteiger partial charge in [-0.3, -0.25) is 4.79 Å². The van der Waals surface area contributed by atoms with Crippen LogP contribution in [0.5, 0.6) is 5.75 Å². The summed E-state index contributed by atoms with van der Waals surface area (Å²) in [7, 11) is 2.18. The fraction of sp³-hybridized carbons (Fsp3) is 0.632. The second-order valence-corrected chi connectivity index (χ2v) is 6.50. The smallest absolute Gasteiger partial charge is 0.223 e. The van der Waals surface area contributed by atoms with Crippen molar-refractivity contribution in [2.45, 2.75) is 51.0 Å². The van der Waals surface area contributed by atoms with Crippen LogP contribution in [-0.2, 0) is 4.79 Å². The molecule has 1 N–H and O–H groups in total. The molecule has 1 aliphatic rings. The molecule has 24 heavy (non-hydrogen) atoms. The Hall–Kier alpha value is -1.62. The maximum Gasteiger partial charge on any atom is 0.223 e. The van der Waals surface area contributed by atoms with Crippen LogP contribution in [0, 0.1) is 5.82 Å². The van der Waals surface area contributed by atoms with Crippen LogP contribution in [0.2, 0.25) is 0 Å². The molecule has 0 spiro atoms. The van der Waals surface area contributed by atoms with E-state index in [0.29, 0.717) is 12.6 Å². The van der Waals surface area contributed by atoms with Crippen LogP contribution in [0.25, 0.3) is 0 Å². The number of hydrogen-bond acceptors (Lipinski definition) is 3. The van der Waals surface area contributed by atoms with Gasteiger partial charge in [-0.25, -0.2) is 4.39 Å². The molecule has 0 radical (unpaired) electrons. The lowest BCUT2D eigenvalue weighted by Gasteiger charge is -2.31. The van der Waals surface area contributed by atoms with Gasteiger partial charge in [-0.15, -0.1) is 0 Å². The van der Waals surface area contributed by atoms with E-state index in [2.05, 4.69) is 17.3 Å². The summed E-state index contributed by atoms with van der Waals surface area (Å²) in [6.45, 7) is 1.88. The van der Waals surface area contributed by atoms with Gasteiger partial charge in [-0.2, -0.15) is 0 Å². The molecule has 0 aromatic heterocycles. The average Bonchev–Trinajstić information content (AvgIpc) is 2.61. The average molecular weight is 336 g/mol. The van der Waals surface area contributed by atoms with Crippen molar-refractivity contribution in [2.24, 2.45) is 0 Å². The Balaban J connectivity index is 1.52. The van der Waals surface area contributed by atoms with E-state index in [1.807, 2.05) is 0 Å². The Labute approximate surface area is 144 Å². The van der Waals surface area contributed by atoms with Gasteiger partial charge in [-0.1, -0.05) is 31.4 Å². The van der Waals surface area contributed by atoms with Crippen molar-refractivity contribution in [3.05, 3.63) is 30.1 Å². The zero-order chi connectivity index (χ0) is 17.2. The highest BCUT2D eigenvalue weighted by atomic mass is 19.1. The highest BCUT2D eigenvalue weighted by Crippen LogP contribution is 2.21. The van der Waals surface area contributed by atoms with E-state index < -0.39 is 5.82 Å². The number of carbonyl (C=O) groups is 1. The summed E-state index contributed by atoms with van der Waals surface area (Å²) in [5, 5.41) is 2.90. The van der Waals surface area contributed by atoms with Crippen LogP contribution in [0.4, 0.5) is 4.39 Å². The normalized spacial score (nSPS) is 15.5. The highest BCUT2D eigenvalue weighted by Gasteiger charge is 2.17. The molecule has 5 heteroatoms. The van der Waals surface area contributed by atoms with Crippen LogP contribution in [0.15, 0.2) is 24.3 Å². The first kappa shape index (κ1) is 18.7. The van der Waals surface area contributed by atoms with Gasteiger partial charge in [0, 0.05) is 12.6 Å². The van der Waals surface area contributed by atoms with Crippen LogP contribution in [0.3, 0.4) is 0 Å². The number of hydrogen-bond donors (Lipinski definition) is 1. The minimum Gasteiger partial charge on any atom is -0.490 e. The van der Waals surface area contributed by atoms with Crippen molar-refractivity contribution >= 4 is 5.91 Å². The van der Waals surface area contributed by atoms with E-state index in [9.17, 15) is 9.18 Å². The fourth-order valence-electron chi connectivity index (χ4n) is 3.16. The van der Waals surface area contributed by atoms with E-state index >= 15 is 0 Å². The summed E-state index contributed by atoms with van der Waals surface area (Å²) in [5.41, 5.74) is 0. The molecule has 134 valence electrons. The molecule has 1 aliphatic carbocycles. The SMILES string of the molecule is CN(CCCNC(=O)CCOc1ccccc1F)C1CCCCC1. The Bertz CT molecular complexity index is 504. The van der Waals surface area contributed by atoms with Crippen molar-refractivity contribution in [2.75, 3.05) is 26.7 Å². The van der Waals surface area contributed by atoms with Crippen molar-refractivity contribution in [3.8, 4) is 5.75 Å². The van der Waals surface area contributed by atoms with Crippen LogP contribution < -0.4 is 10.1 Å². The van der Waals surface area contributed by atoms with Crippen LogP contribution in [-0.4, -0.2) is 43.6 Å². The molecule has 1 aromatic carbocycles. The molecule has 0 atom stereocenters. The molecule has 0 heterocycles. The molecule has 0 aliphatic heterocycles. The first-order valence-corrected chi connectivity index (χ1v) is 9.01. The predicted octanol–water partition coefficient (Wildman–Crippen LogP) is 3.37. The topological polar surface area (TPSA) is 41.6 Å². The number of nitrogens with one attached hydrogen (secondary N) is 1. The number of amides is 1. The van der Waals surface area contributed by atoms with E-state index in [-0.39, 0.29) is 24.7 Å². The van der Waals surface area contributed by atoms with Gasteiger partial charge in [0.25, 0.3) is 0 Å². The van der Waals surface area contributed by atoms with E-state index in [1.165, 1.54) is 38.2 Å². The quantitative estimate of drug-likeness (QED) is 0.703. The number of para-hydroxylation sites is 1. The summed E-state index contributed by atoms with van der Waals surface area (Å²) < 4.78 is 18.6. The predicted molar refractivity (Wildman–Crippen MR) is 93.6 cm³/mol. The molecule has 0 unspecified atom stereocenters. The minimum atomic E-state index is -0.399. The fourth-order valence-corrected chi connectivity index (χ4v) is 3.16. The Morgan fingerprint density at radius 3 is 2.79 bits per heavy atom. The second-order valence-electron chi connectivity index (χ2n) is 6.50. The first-order chi connectivity index (χ1) is 11.7. The number of ether oxygens (including phenoxy) is 1.